The summed E-state index contributed by atoms with van der Waals surface area (Å²) in [5.41, 5.74) is -0.442. The summed E-state index contributed by atoms with van der Waals surface area (Å²) >= 11 is 3.21. The average Bonchev–Trinajstić information content (AvgIpc) is 2.45. The van der Waals surface area contributed by atoms with Crippen LogP contribution in [0.15, 0.2) is 12.0 Å². The molecule has 0 aliphatic carbocycles. The second-order valence-corrected chi connectivity index (χ2v) is 8.84. The number of aliphatic hydroxyl groups excluding tert-OH is 1. The molecule has 0 saturated carbocycles. The summed E-state index contributed by atoms with van der Waals surface area (Å²) in [5, 5.41) is 20.3. The lowest BCUT2D eigenvalue weighted by Crippen LogP contribution is -2.38. The maximum atomic E-state index is 11.8. The number of halogens is 1. The average molecular weight is 391 g/mol. The van der Waals surface area contributed by atoms with Crippen LogP contribution in [0.3, 0.4) is 0 Å². The number of hydrogen-bond donors (Lipinski definition) is 3. The van der Waals surface area contributed by atoms with E-state index in [-0.39, 0.29) is 23.8 Å². The zero-order chi connectivity index (χ0) is 17.7. The van der Waals surface area contributed by atoms with Crippen molar-refractivity contribution in [2.24, 2.45) is 5.41 Å². The molecule has 0 aromatic rings. The van der Waals surface area contributed by atoms with E-state index in [0.29, 0.717) is 13.2 Å². The summed E-state index contributed by atoms with van der Waals surface area (Å²) in [6, 6.07) is 0. The molecular weight excluding hydrogens is 364 g/mol. The summed E-state index contributed by atoms with van der Waals surface area (Å²) in [5.74, 6) is -0.738. The van der Waals surface area contributed by atoms with Gasteiger partial charge in [-0.1, -0.05) is 29.8 Å². The van der Waals surface area contributed by atoms with E-state index in [9.17, 15) is 9.90 Å². The predicted molar refractivity (Wildman–Crippen MR) is 92.9 cm³/mol. The zero-order valence-corrected chi connectivity index (χ0v) is 15.8. The van der Waals surface area contributed by atoms with Gasteiger partial charge in [-0.15, -0.1) is 0 Å². The predicted octanol–water partition coefficient (Wildman–Crippen LogP) is 3.26. The van der Waals surface area contributed by atoms with Crippen molar-refractivity contribution in [1.29, 1.82) is 5.41 Å². The van der Waals surface area contributed by atoms with Gasteiger partial charge in [0.15, 0.2) is 12.2 Å². The minimum absolute atomic E-state index is 0.165. The van der Waals surface area contributed by atoms with Gasteiger partial charge in [0.05, 0.1) is 10.9 Å². The molecule has 0 bridgehead atoms. The molecule has 0 aromatic heterocycles. The van der Waals surface area contributed by atoms with Crippen molar-refractivity contribution in [3.8, 4) is 0 Å². The van der Waals surface area contributed by atoms with Crippen LogP contribution in [0.25, 0.3) is 0 Å². The van der Waals surface area contributed by atoms with Crippen molar-refractivity contribution in [1.82, 2.24) is 5.32 Å². The Kier molecular flexibility index (Phi) is 7.23. The molecule has 3 N–H and O–H groups in total. The quantitative estimate of drug-likeness (QED) is 0.353. The molecule has 0 radical (unpaired) electrons. The molecule has 6 nitrogen and oxygen atoms in total. The Morgan fingerprint density at radius 2 is 2.09 bits per heavy atom. The summed E-state index contributed by atoms with van der Waals surface area (Å²) < 4.78 is 10.4. The van der Waals surface area contributed by atoms with E-state index < -0.39 is 9.74 Å². The first-order valence-corrected chi connectivity index (χ1v) is 8.55. The molecule has 1 rings (SSSR count). The summed E-state index contributed by atoms with van der Waals surface area (Å²) in [6.45, 7) is 8.04. The fraction of sp³-hybridized carbons (Fsp3) is 0.750. The molecular formula is C16H27BrN2O4. The van der Waals surface area contributed by atoms with E-state index >= 15 is 0 Å². The first-order valence-electron chi connectivity index (χ1n) is 7.75. The maximum Gasteiger partial charge on any atom is 0.242 e. The first kappa shape index (κ1) is 20.1. The molecule has 1 heterocycles. The fourth-order valence-corrected chi connectivity index (χ4v) is 1.95. The molecule has 1 amide bonds. The molecule has 0 aromatic carbocycles. The minimum atomic E-state index is -0.798. The molecule has 1 aliphatic heterocycles. The van der Waals surface area contributed by atoms with Crippen LogP contribution in [-0.2, 0) is 14.3 Å². The van der Waals surface area contributed by atoms with Crippen molar-refractivity contribution < 1.29 is 19.4 Å². The molecule has 23 heavy (non-hydrogen) atoms. The van der Waals surface area contributed by atoms with Crippen LogP contribution < -0.4 is 5.32 Å². The third-order valence-corrected chi connectivity index (χ3v) is 3.92. The van der Waals surface area contributed by atoms with Gasteiger partial charge in [0.2, 0.25) is 5.91 Å². The van der Waals surface area contributed by atoms with E-state index in [1.165, 1.54) is 6.08 Å². The number of allylic oxidation sites excluding steroid dienone is 1. The van der Waals surface area contributed by atoms with Crippen molar-refractivity contribution >= 4 is 27.5 Å². The van der Waals surface area contributed by atoms with Crippen molar-refractivity contribution in [3.63, 3.8) is 0 Å². The molecule has 1 fully saturated rings. The minimum Gasteiger partial charge on any atom is -0.494 e. The molecule has 1 aliphatic rings. The number of carbonyl (C=O) groups is 1. The lowest BCUT2D eigenvalue weighted by molar-refractivity contribution is -0.171. The Balaban J connectivity index is 2.55. The number of aliphatic hydroxyl groups is 1. The van der Waals surface area contributed by atoms with Gasteiger partial charge < -0.3 is 20.0 Å². The Morgan fingerprint density at radius 3 is 2.61 bits per heavy atom. The molecule has 1 atom stereocenters. The molecule has 0 spiro atoms. The van der Waals surface area contributed by atoms with Crippen LogP contribution in [0, 0.1) is 10.8 Å². The number of hydrogen-bond acceptors (Lipinski definition) is 5. The van der Waals surface area contributed by atoms with Gasteiger partial charge in [-0.25, -0.2) is 0 Å². The van der Waals surface area contributed by atoms with Gasteiger partial charge in [0, 0.05) is 23.8 Å². The summed E-state index contributed by atoms with van der Waals surface area (Å²) in [4.78, 5) is 11.8. The Hall–Kier alpha value is -0.920. The van der Waals surface area contributed by atoms with Crippen LogP contribution in [-0.4, -0.2) is 40.6 Å². The molecule has 1 unspecified atom stereocenters. The van der Waals surface area contributed by atoms with Gasteiger partial charge in [-0.2, -0.15) is 0 Å². The van der Waals surface area contributed by atoms with Crippen LogP contribution in [0.1, 0.15) is 47.0 Å². The van der Waals surface area contributed by atoms with Crippen molar-refractivity contribution in [3.05, 3.63) is 12.0 Å². The Bertz CT molecular complexity index is 463. The monoisotopic (exact) mass is 390 g/mol. The second-order valence-electron chi connectivity index (χ2n) is 6.86. The molecule has 7 heteroatoms. The number of nitrogens with one attached hydrogen (secondary N) is 2. The number of alkyl halides is 1. The van der Waals surface area contributed by atoms with Crippen LogP contribution in [0.2, 0.25) is 0 Å². The summed E-state index contributed by atoms with van der Waals surface area (Å²) in [6.07, 6.45) is 4.02. The van der Waals surface area contributed by atoms with E-state index in [4.69, 9.17) is 14.9 Å². The van der Waals surface area contributed by atoms with E-state index in [1.807, 2.05) is 13.8 Å². The van der Waals surface area contributed by atoms with Gasteiger partial charge in [-0.05, 0) is 33.1 Å². The van der Waals surface area contributed by atoms with Crippen LogP contribution in [0.5, 0.6) is 0 Å². The normalized spacial score (nSPS) is 20.2. The van der Waals surface area contributed by atoms with Gasteiger partial charge >= 0.3 is 0 Å². The lowest BCUT2D eigenvalue weighted by Gasteiger charge is -2.29. The standard InChI is InChI=1S/C16H27BrN2O4/c1-15(2,10-23-13-7-5-6-8-22-13)11(18)9-12(20)19-14(21)16(3,4)17/h9,13,18,20H,5-8,10H2,1-4H3,(H,19,21)/b12-9-,18-11?. The van der Waals surface area contributed by atoms with E-state index in [1.54, 1.807) is 13.8 Å². The van der Waals surface area contributed by atoms with Crippen molar-refractivity contribution in [2.75, 3.05) is 13.2 Å². The molecule has 132 valence electrons. The zero-order valence-electron chi connectivity index (χ0n) is 14.2. The highest BCUT2D eigenvalue weighted by Crippen LogP contribution is 2.22. The summed E-state index contributed by atoms with van der Waals surface area (Å²) in [7, 11) is 0. The number of rotatable bonds is 7. The highest BCUT2D eigenvalue weighted by Gasteiger charge is 2.28. The third kappa shape index (κ3) is 7.01. The van der Waals surface area contributed by atoms with Gasteiger partial charge in [0.25, 0.3) is 0 Å². The molecule has 1 saturated heterocycles. The topological polar surface area (TPSA) is 91.6 Å². The maximum absolute atomic E-state index is 11.8. The van der Waals surface area contributed by atoms with Crippen molar-refractivity contribution in [2.45, 2.75) is 57.6 Å². The van der Waals surface area contributed by atoms with Crippen LogP contribution >= 0.6 is 15.9 Å². The van der Waals surface area contributed by atoms with Gasteiger partial charge in [0.1, 0.15) is 0 Å². The SMILES string of the molecule is CC(C)(Br)C(=O)N/C(O)=C/C(=N)C(C)(C)COC1CCCCO1. The van der Waals surface area contributed by atoms with E-state index in [2.05, 4.69) is 21.2 Å². The smallest absolute Gasteiger partial charge is 0.242 e. The highest BCUT2D eigenvalue weighted by molar-refractivity contribution is 9.10. The number of ether oxygens (including phenoxy) is 2. The first-order chi connectivity index (χ1) is 10.5. The fourth-order valence-electron chi connectivity index (χ4n) is 1.85. The third-order valence-electron chi connectivity index (χ3n) is 3.56. The van der Waals surface area contributed by atoms with Gasteiger partial charge in [-0.3, -0.25) is 10.1 Å². The Morgan fingerprint density at radius 1 is 1.43 bits per heavy atom. The lowest BCUT2D eigenvalue weighted by atomic mass is 9.88. The number of carbonyl (C=O) groups excluding carboxylic acids is 1. The van der Waals surface area contributed by atoms with Crippen LogP contribution in [0.4, 0.5) is 0 Å². The Labute approximate surface area is 146 Å². The van der Waals surface area contributed by atoms with E-state index in [0.717, 1.165) is 19.3 Å². The number of amides is 1. The largest absolute Gasteiger partial charge is 0.494 e. The second kappa shape index (κ2) is 8.26. The highest BCUT2D eigenvalue weighted by atomic mass is 79.9.